The van der Waals surface area contributed by atoms with E-state index in [4.69, 9.17) is 14.0 Å². The molecular formula is C21H24N4O4S. The number of amides is 1. The van der Waals surface area contributed by atoms with Crippen LogP contribution in [0.25, 0.3) is 10.7 Å². The lowest BCUT2D eigenvalue weighted by atomic mass is 10.1. The van der Waals surface area contributed by atoms with Gasteiger partial charge in [0, 0.05) is 31.7 Å². The zero-order valence-electron chi connectivity index (χ0n) is 17.0. The van der Waals surface area contributed by atoms with Crippen LogP contribution in [0.4, 0.5) is 0 Å². The topological polar surface area (TPSA) is 80.9 Å². The fourth-order valence-electron chi connectivity index (χ4n) is 3.47. The van der Waals surface area contributed by atoms with Gasteiger partial charge >= 0.3 is 0 Å². The summed E-state index contributed by atoms with van der Waals surface area (Å²) in [6, 6.07) is 9.45. The predicted molar refractivity (Wildman–Crippen MR) is 113 cm³/mol. The summed E-state index contributed by atoms with van der Waals surface area (Å²) >= 11 is 1.58. The van der Waals surface area contributed by atoms with Crippen LogP contribution in [-0.4, -0.2) is 66.2 Å². The molecule has 1 amide bonds. The molecule has 0 N–H and O–H groups in total. The second-order valence-corrected chi connectivity index (χ2v) is 7.95. The van der Waals surface area contributed by atoms with Crippen molar-refractivity contribution in [3.8, 4) is 22.2 Å². The van der Waals surface area contributed by atoms with Crippen molar-refractivity contribution >= 4 is 17.2 Å². The number of ether oxygens (including phenoxy) is 2. The van der Waals surface area contributed by atoms with Gasteiger partial charge in [-0.3, -0.25) is 9.69 Å². The molecule has 9 heteroatoms. The minimum atomic E-state index is 0.0824. The molecule has 2 aromatic heterocycles. The Morgan fingerprint density at radius 2 is 2.00 bits per heavy atom. The van der Waals surface area contributed by atoms with E-state index in [0.717, 1.165) is 23.5 Å². The zero-order chi connectivity index (χ0) is 20.9. The Morgan fingerprint density at radius 3 is 2.70 bits per heavy atom. The van der Waals surface area contributed by atoms with Crippen LogP contribution in [0.3, 0.4) is 0 Å². The van der Waals surface area contributed by atoms with E-state index in [2.05, 4.69) is 15.0 Å². The average Bonchev–Trinajstić information content (AvgIpc) is 3.46. The molecule has 0 saturated carbocycles. The molecule has 158 valence electrons. The molecule has 0 radical (unpaired) electrons. The SMILES string of the molecule is COc1ccc(OC)c(CC(=O)N2CCN(Cc3nc(-c4cccs4)no3)CC2)c1. The maximum atomic E-state index is 12.8. The van der Waals surface area contributed by atoms with Crippen LogP contribution in [0.5, 0.6) is 11.5 Å². The number of hydrogen-bond acceptors (Lipinski definition) is 8. The fourth-order valence-corrected chi connectivity index (χ4v) is 4.12. The number of rotatable bonds is 7. The monoisotopic (exact) mass is 428 g/mol. The van der Waals surface area contributed by atoms with Crippen molar-refractivity contribution in [1.82, 2.24) is 19.9 Å². The smallest absolute Gasteiger partial charge is 0.241 e. The van der Waals surface area contributed by atoms with Crippen molar-refractivity contribution < 1.29 is 18.8 Å². The van der Waals surface area contributed by atoms with Crippen LogP contribution in [0, 0.1) is 0 Å². The minimum Gasteiger partial charge on any atom is -0.497 e. The Kier molecular flexibility index (Phi) is 6.29. The Labute approximate surface area is 179 Å². The molecule has 0 bridgehead atoms. The number of benzene rings is 1. The summed E-state index contributed by atoms with van der Waals surface area (Å²) in [6.45, 7) is 3.44. The lowest BCUT2D eigenvalue weighted by molar-refractivity contribution is -0.132. The highest BCUT2D eigenvalue weighted by atomic mass is 32.1. The minimum absolute atomic E-state index is 0.0824. The summed E-state index contributed by atoms with van der Waals surface area (Å²) < 4.78 is 16.0. The van der Waals surface area contributed by atoms with Gasteiger partial charge in [-0.1, -0.05) is 11.2 Å². The molecule has 3 aromatic rings. The van der Waals surface area contributed by atoms with Gasteiger partial charge in [0.15, 0.2) is 0 Å². The Hall–Kier alpha value is -2.91. The molecule has 1 saturated heterocycles. The molecule has 1 fully saturated rings. The molecule has 8 nitrogen and oxygen atoms in total. The van der Waals surface area contributed by atoms with E-state index in [0.29, 0.717) is 42.8 Å². The molecular weight excluding hydrogens is 404 g/mol. The third-order valence-corrected chi connectivity index (χ3v) is 5.99. The highest BCUT2D eigenvalue weighted by Gasteiger charge is 2.23. The number of carbonyl (C=O) groups is 1. The molecule has 0 atom stereocenters. The van der Waals surface area contributed by atoms with Gasteiger partial charge in [0.1, 0.15) is 11.5 Å². The van der Waals surface area contributed by atoms with E-state index >= 15 is 0 Å². The first-order chi connectivity index (χ1) is 14.7. The van der Waals surface area contributed by atoms with Crippen molar-refractivity contribution in [2.24, 2.45) is 0 Å². The average molecular weight is 429 g/mol. The van der Waals surface area contributed by atoms with E-state index in [1.165, 1.54) is 0 Å². The number of methoxy groups -OCH3 is 2. The second-order valence-electron chi connectivity index (χ2n) is 7.00. The number of piperazine rings is 1. The van der Waals surface area contributed by atoms with Gasteiger partial charge in [0.05, 0.1) is 32.1 Å². The first-order valence-electron chi connectivity index (χ1n) is 9.73. The number of hydrogen-bond donors (Lipinski definition) is 0. The molecule has 3 heterocycles. The highest BCUT2D eigenvalue weighted by Crippen LogP contribution is 2.25. The van der Waals surface area contributed by atoms with E-state index in [1.54, 1.807) is 25.6 Å². The van der Waals surface area contributed by atoms with Gasteiger partial charge in [-0.05, 0) is 29.6 Å². The Morgan fingerprint density at radius 1 is 1.17 bits per heavy atom. The molecule has 0 aliphatic carbocycles. The van der Waals surface area contributed by atoms with Crippen LogP contribution in [0.1, 0.15) is 11.5 Å². The molecule has 0 unspecified atom stereocenters. The normalized spacial score (nSPS) is 14.7. The maximum absolute atomic E-state index is 12.8. The van der Waals surface area contributed by atoms with E-state index in [1.807, 2.05) is 40.6 Å². The number of thiophene rings is 1. The fraction of sp³-hybridized carbons (Fsp3) is 0.381. The first kappa shape index (κ1) is 20.4. The lowest BCUT2D eigenvalue weighted by Crippen LogP contribution is -2.48. The lowest BCUT2D eigenvalue weighted by Gasteiger charge is -2.34. The Balaban J connectivity index is 1.31. The van der Waals surface area contributed by atoms with Gasteiger partial charge in [-0.25, -0.2) is 0 Å². The predicted octanol–water partition coefficient (Wildman–Crippen LogP) is 2.70. The van der Waals surface area contributed by atoms with Crippen molar-refractivity contribution in [3.63, 3.8) is 0 Å². The quantitative estimate of drug-likeness (QED) is 0.572. The van der Waals surface area contributed by atoms with Crippen molar-refractivity contribution in [2.45, 2.75) is 13.0 Å². The summed E-state index contributed by atoms with van der Waals surface area (Å²) in [6.07, 6.45) is 0.286. The maximum Gasteiger partial charge on any atom is 0.241 e. The molecule has 1 aromatic carbocycles. The summed E-state index contributed by atoms with van der Waals surface area (Å²) in [5.41, 5.74) is 0.830. The molecule has 1 aliphatic heterocycles. The standard InChI is InChI=1S/C21H24N4O4S/c1-27-16-5-6-17(28-2)15(12-16)13-20(26)25-9-7-24(8-10-25)14-19-22-21(23-29-19)18-4-3-11-30-18/h3-6,11-12H,7-10,13-14H2,1-2H3. The third kappa shape index (κ3) is 4.63. The van der Waals surface area contributed by atoms with E-state index < -0.39 is 0 Å². The van der Waals surface area contributed by atoms with Crippen molar-refractivity contribution in [2.75, 3.05) is 40.4 Å². The van der Waals surface area contributed by atoms with Crippen LogP contribution in [0.15, 0.2) is 40.2 Å². The van der Waals surface area contributed by atoms with Crippen LogP contribution < -0.4 is 9.47 Å². The number of nitrogens with zero attached hydrogens (tertiary/aromatic N) is 4. The largest absolute Gasteiger partial charge is 0.497 e. The van der Waals surface area contributed by atoms with Gasteiger partial charge in [0.25, 0.3) is 0 Å². The third-order valence-electron chi connectivity index (χ3n) is 5.12. The summed E-state index contributed by atoms with van der Waals surface area (Å²) in [7, 11) is 3.22. The molecule has 30 heavy (non-hydrogen) atoms. The van der Waals surface area contributed by atoms with Crippen LogP contribution in [-0.2, 0) is 17.8 Å². The van der Waals surface area contributed by atoms with Gasteiger partial charge in [-0.15, -0.1) is 11.3 Å². The van der Waals surface area contributed by atoms with Gasteiger partial charge in [0.2, 0.25) is 17.6 Å². The first-order valence-corrected chi connectivity index (χ1v) is 10.6. The highest BCUT2D eigenvalue weighted by molar-refractivity contribution is 7.13. The molecule has 1 aliphatic rings. The summed E-state index contributed by atoms with van der Waals surface area (Å²) in [4.78, 5) is 22.4. The van der Waals surface area contributed by atoms with Gasteiger partial charge < -0.3 is 18.9 Å². The molecule has 4 rings (SSSR count). The van der Waals surface area contributed by atoms with E-state index in [9.17, 15) is 4.79 Å². The number of carbonyl (C=O) groups excluding carboxylic acids is 1. The van der Waals surface area contributed by atoms with Crippen LogP contribution in [0.2, 0.25) is 0 Å². The molecule has 0 spiro atoms. The Bertz CT molecular complexity index is 981. The van der Waals surface area contributed by atoms with Crippen molar-refractivity contribution in [1.29, 1.82) is 0 Å². The zero-order valence-corrected chi connectivity index (χ0v) is 17.9. The summed E-state index contributed by atoms with van der Waals surface area (Å²) in [5.74, 6) is 2.71. The van der Waals surface area contributed by atoms with Gasteiger partial charge in [-0.2, -0.15) is 4.98 Å². The second kappa shape index (κ2) is 9.27. The van der Waals surface area contributed by atoms with Crippen molar-refractivity contribution in [3.05, 3.63) is 47.2 Å². The number of aromatic nitrogens is 2. The van der Waals surface area contributed by atoms with E-state index in [-0.39, 0.29) is 12.3 Å². The summed E-state index contributed by atoms with van der Waals surface area (Å²) in [5, 5.41) is 6.04. The van der Waals surface area contributed by atoms with Crippen LogP contribution >= 0.6 is 11.3 Å².